The fourth-order valence-electron chi connectivity index (χ4n) is 2.37. The lowest BCUT2D eigenvalue weighted by molar-refractivity contribution is -0.121. The molecule has 0 spiro atoms. The van der Waals surface area contributed by atoms with E-state index in [1.165, 1.54) is 5.56 Å². The molecule has 20 heavy (non-hydrogen) atoms. The van der Waals surface area contributed by atoms with Crippen LogP contribution in [0.25, 0.3) is 0 Å². The van der Waals surface area contributed by atoms with Crippen molar-refractivity contribution < 1.29 is 9.53 Å². The number of hydrogen-bond acceptors (Lipinski definition) is 3. The molecule has 3 N–H and O–H groups in total. The van der Waals surface area contributed by atoms with Gasteiger partial charge in [-0.25, -0.2) is 0 Å². The van der Waals surface area contributed by atoms with Crippen LogP contribution in [0.4, 0.5) is 0 Å². The van der Waals surface area contributed by atoms with E-state index in [1.54, 1.807) is 0 Å². The van der Waals surface area contributed by atoms with Crippen molar-refractivity contribution in [2.45, 2.75) is 38.6 Å². The third-order valence-electron chi connectivity index (χ3n) is 3.41. The predicted molar refractivity (Wildman–Crippen MR) is 82.7 cm³/mol. The van der Waals surface area contributed by atoms with Crippen molar-refractivity contribution in [1.82, 2.24) is 5.32 Å². The van der Waals surface area contributed by atoms with Crippen LogP contribution in [0.2, 0.25) is 0 Å². The van der Waals surface area contributed by atoms with Crippen LogP contribution < -0.4 is 15.8 Å². The van der Waals surface area contributed by atoms with Crippen LogP contribution in [-0.2, 0) is 17.8 Å². The molecule has 0 radical (unpaired) electrons. The van der Waals surface area contributed by atoms with Gasteiger partial charge in [-0.15, -0.1) is 0 Å². The second kappa shape index (κ2) is 7.64. The molecule has 1 aliphatic rings. The Morgan fingerprint density at radius 1 is 1.35 bits per heavy atom. The van der Waals surface area contributed by atoms with Gasteiger partial charge < -0.3 is 15.8 Å². The lowest BCUT2D eigenvalue weighted by Gasteiger charge is -2.10. The Kier molecular flexibility index (Phi) is 5.86. The maximum Gasteiger partial charge on any atom is 0.220 e. The van der Waals surface area contributed by atoms with Crippen molar-refractivity contribution in [3.8, 4) is 5.75 Å². The van der Waals surface area contributed by atoms with Gasteiger partial charge in [-0.3, -0.25) is 4.79 Å². The smallest absolute Gasteiger partial charge is 0.220 e. The minimum absolute atomic E-state index is 0.0914. The number of nitrogens with one attached hydrogen (secondary N) is 1. The normalized spacial score (nSPS) is 12.9. The van der Waals surface area contributed by atoms with Crippen LogP contribution in [-0.4, -0.2) is 19.1 Å². The summed E-state index contributed by atoms with van der Waals surface area (Å²) in [5, 5.41) is 2.96. The van der Waals surface area contributed by atoms with E-state index in [4.69, 9.17) is 10.5 Å². The highest BCUT2D eigenvalue weighted by molar-refractivity contribution is 9.10. The van der Waals surface area contributed by atoms with E-state index in [0.29, 0.717) is 19.5 Å². The molecule has 0 saturated heterocycles. The molecule has 2 rings (SSSR count). The van der Waals surface area contributed by atoms with E-state index in [2.05, 4.69) is 27.3 Å². The van der Waals surface area contributed by atoms with Crippen LogP contribution in [0.5, 0.6) is 5.75 Å². The van der Waals surface area contributed by atoms with Gasteiger partial charge in [-0.05, 0) is 37.1 Å². The monoisotopic (exact) mass is 340 g/mol. The summed E-state index contributed by atoms with van der Waals surface area (Å²) < 4.78 is 6.68. The molecule has 0 aromatic heterocycles. The van der Waals surface area contributed by atoms with Gasteiger partial charge in [0.05, 0.1) is 6.61 Å². The molecule has 1 aromatic rings. The fraction of sp³-hybridized carbons (Fsp3) is 0.533. The molecule has 0 atom stereocenters. The first-order valence-corrected chi connectivity index (χ1v) is 7.91. The number of amides is 1. The molecule has 0 fully saturated rings. The van der Waals surface area contributed by atoms with Crippen LogP contribution in [0.1, 0.15) is 36.8 Å². The lowest BCUT2D eigenvalue weighted by Crippen LogP contribution is -2.22. The standard InChI is InChI=1S/C15H21BrN2O2/c16-13-8-11-5-7-20-15(11)12(9-13)10-18-14(19)4-2-1-3-6-17/h8-9H,1-7,10,17H2,(H,18,19). The summed E-state index contributed by atoms with van der Waals surface area (Å²) in [5.74, 6) is 1.03. The fourth-order valence-corrected chi connectivity index (χ4v) is 2.92. The molecule has 0 saturated carbocycles. The predicted octanol–water partition coefficient (Wildman–Crippen LogP) is 2.52. The Morgan fingerprint density at radius 2 is 2.20 bits per heavy atom. The molecule has 0 unspecified atom stereocenters. The molecule has 1 heterocycles. The van der Waals surface area contributed by atoms with E-state index in [1.807, 2.05) is 6.07 Å². The van der Waals surface area contributed by atoms with Gasteiger partial charge in [0.2, 0.25) is 5.91 Å². The maximum atomic E-state index is 11.8. The molecule has 5 heteroatoms. The van der Waals surface area contributed by atoms with Crippen molar-refractivity contribution in [2.75, 3.05) is 13.2 Å². The maximum absolute atomic E-state index is 11.8. The number of fused-ring (bicyclic) bond motifs is 1. The first-order chi connectivity index (χ1) is 9.70. The number of benzene rings is 1. The van der Waals surface area contributed by atoms with Gasteiger partial charge in [0.25, 0.3) is 0 Å². The van der Waals surface area contributed by atoms with E-state index in [0.717, 1.165) is 48.1 Å². The summed E-state index contributed by atoms with van der Waals surface area (Å²) >= 11 is 3.50. The number of ether oxygens (including phenoxy) is 1. The van der Waals surface area contributed by atoms with Gasteiger partial charge >= 0.3 is 0 Å². The Morgan fingerprint density at radius 3 is 3.00 bits per heavy atom. The highest BCUT2D eigenvalue weighted by Gasteiger charge is 2.17. The number of rotatable bonds is 7. The van der Waals surface area contributed by atoms with Crippen molar-refractivity contribution in [1.29, 1.82) is 0 Å². The van der Waals surface area contributed by atoms with Crippen LogP contribution >= 0.6 is 15.9 Å². The summed E-state index contributed by atoms with van der Waals surface area (Å²) in [6.07, 6.45) is 4.40. The number of carbonyl (C=O) groups excluding carboxylic acids is 1. The molecule has 1 aromatic carbocycles. The topological polar surface area (TPSA) is 64.4 Å². The number of hydrogen-bond donors (Lipinski definition) is 2. The summed E-state index contributed by atoms with van der Waals surface area (Å²) in [6, 6.07) is 4.10. The summed E-state index contributed by atoms with van der Waals surface area (Å²) in [5.41, 5.74) is 7.69. The molecule has 1 amide bonds. The van der Waals surface area contributed by atoms with Crippen molar-refractivity contribution >= 4 is 21.8 Å². The van der Waals surface area contributed by atoms with E-state index < -0.39 is 0 Å². The van der Waals surface area contributed by atoms with Crippen LogP contribution in [0.15, 0.2) is 16.6 Å². The Balaban J connectivity index is 1.84. The zero-order chi connectivity index (χ0) is 14.4. The zero-order valence-corrected chi connectivity index (χ0v) is 13.2. The minimum atomic E-state index is 0.0914. The highest BCUT2D eigenvalue weighted by atomic mass is 79.9. The number of unbranched alkanes of at least 4 members (excludes halogenated alkanes) is 2. The Labute approximate surface area is 128 Å². The molecular weight excluding hydrogens is 320 g/mol. The Bertz CT molecular complexity index is 477. The molecule has 4 nitrogen and oxygen atoms in total. The third-order valence-corrected chi connectivity index (χ3v) is 3.87. The SMILES string of the molecule is NCCCCCC(=O)NCc1cc(Br)cc2c1OCC2. The lowest BCUT2D eigenvalue weighted by atomic mass is 10.1. The van der Waals surface area contributed by atoms with Gasteiger partial charge in [0.1, 0.15) is 5.75 Å². The minimum Gasteiger partial charge on any atom is -0.493 e. The number of carbonyl (C=O) groups is 1. The first kappa shape index (κ1) is 15.3. The Hall–Kier alpha value is -1.07. The summed E-state index contributed by atoms with van der Waals surface area (Å²) in [4.78, 5) is 11.8. The largest absolute Gasteiger partial charge is 0.493 e. The van der Waals surface area contributed by atoms with E-state index in [-0.39, 0.29) is 5.91 Å². The zero-order valence-electron chi connectivity index (χ0n) is 11.6. The third kappa shape index (κ3) is 4.21. The quantitative estimate of drug-likeness (QED) is 0.749. The molecule has 0 bridgehead atoms. The van der Waals surface area contributed by atoms with Crippen LogP contribution in [0, 0.1) is 0 Å². The second-order valence-corrected chi connectivity index (χ2v) is 5.94. The molecule has 110 valence electrons. The van der Waals surface area contributed by atoms with Gasteiger partial charge in [0.15, 0.2) is 0 Å². The number of halogens is 1. The van der Waals surface area contributed by atoms with Crippen molar-refractivity contribution in [2.24, 2.45) is 5.73 Å². The molecular formula is C15H21BrN2O2. The summed E-state index contributed by atoms with van der Waals surface area (Å²) in [6.45, 7) is 1.95. The molecule has 0 aliphatic carbocycles. The van der Waals surface area contributed by atoms with Crippen molar-refractivity contribution in [3.05, 3.63) is 27.7 Å². The van der Waals surface area contributed by atoms with Gasteiger partial charge in [-0.1, -0.05) is 22.4 Å². The van der Waals surface area contributed by atoms with E-state index in [9.17, 15) is 4.79 Å². The molecule has 1 aliphatic heterocycles. The highest BCUT2D eigenvalue weighted by Crippen LogP contribution is 2.32. The summed E-state index contributed by atoms with van der Waals surface area (Å²) in [7, 11) is 0. The van der Waals surface area contributed by atoms with Gasteiger partial charge in [0, 0.05) is 29.4 Å². The first-order valence-electron chi connectivity index (χ1n) is 7.11. The second-order valence-electron chi connectivity index (χ2n) is 5.03. The average Bonchev–Trinajstić information content (AvgIpc) is 2.89. The van der Waals surface area contributed by atoms with Gasteiger partial charge in [-0.2, -0.15) is 0 Å². The van der Waals surface area contributed by atoms with Crippen molar-refractivity contribution in [3.63, 3.8) is 0 Å². The number of nitrogens with two attached hydrogens (primary N) is 1. The van der Waals surface area contributed by atoms with E-state index >= 15 is 0 Å². The van der Waals surface area contributed by atoms with Crippen LogP contribution in [0.3, 0.4) is 0 Å². The average molecular weight is 341 g/mol.